The van der Waals surface area contributed by atoms with Crippen LogP contribution in [0.3, 0.4) is 0 Å². The van der Waals surface area contributed by atoms with Crippen LogP contribution < -0.4 is 11.1 Å². The summed E-state index contributed by atoms with van der Waals surface area (Å²) < 4.78 is 5.40. The minimum absolute atomic E-state index is 0.235. The number of anilines is 1. The molecule has 0 bridgehead atoms. The fourth-order valence-electron chi connectivity index (χ4n) is 2.39. The van der Waals surface area contributed by atoms with Crippen LogP contribution in [0, 0.1) is 0 Å². The second-order valence-electron chi connectivity index (χ2n) is 4.73. The number of nitrogens with two attached hydrogens (primary N) is 1. The Morgan fingerprint density at radius 2 is 2.06 bits per heavy atom. The van der Waals surface area contributed by atoms with E-state index in [0.29, 0.717) is 23.5 Å². The molecule has 0 saturated heterocycles. The Morgan fingerprint density at radius 1 is 1.28 bits per heavy atom. The second kappa shape index (κ2) is 4.74. The number of halogens is 1. The summed E-state index contributed by atoms with van der Waals surface area (Å²) in [5.74, 6) is 0.676. The van der Waals surface area contributed by atoms with Gasteiger partial charge in [0, 0.05) is 18.2 Å². The Bertz CT molecular complexity index is 548. The van der Waals surface area contributed by atoms with Gasteiger partial charge in [0.2, 0.25) is 5.28 Å². The van der Waals surface area contributed by atoms with Crippen LogP contribution in [0.2, 0.25) is 5.28 Å². The third-order valence-electron chi connectivity index (χ3n) is 3.39. The van der Waals surface area contributed by atoms with Crippen molar-refractivity contribution >= 4 is 28.5 Å². The molecule has 5 nitrogen and oxygen atoms in total. The smallest absolute Gasteiger partial charge is 0.225 e. The van der Waals surface area contributed by atoms with Crippen LogP contribution in [0.1, 0.15) is 25.7 Å². The molecule has 0 radical (unpaired) electrons. The van der Waals surface area contributed by atoms with Crippen molar-refractivity contribution in [3.63, 3.8) is 0 Å². The predicted octanol–water partition coefficient (Wildman–Crippen LogP) is 2.56. The minimum atomic E-state index is 0.235. The Morgan fingerprint density at radius 3 is 2.83 bits per heavy atom. The number of hydrogen-bond donors (Lipinski definition) is 2. The highest BCUT2D eigenvalue weighted by molar-refractivity contribution is 6.28. The zero-order chi connectivity index (χ0) is 12.5. The van der Waals surface area contributed by atoms with E-state index in [2.05, 4.69) is 15.3 Å². The van der Waals surface area contributed by atoms with Crippen molar-refractivity contribution in [2.75, 3.05) is 5.32 Å². The maximum absolute atomic E-state index is 5.90. The number of hydrogen-bond acceptors (Lipinski definition) is 5. The zero-order valence-corrected chi connectivity index (χ0v) is 10.7. The van der Waals surface area contributed by atoms with Crippen LogP contribution in [0.4, 0.5) is 5.82 Å². The molecule has 0 atom stereocenters. The highest BCUT2D eigenvalue weighted by atomic mass is 35.5. The van der Waals surface area contributed by atoms with Crippen LogP contribution >= 0.6 is 11.6 Å². The highest BCUT2D eigenvalue weighted by Crippen LogP contribution is 2.26. The van der Waals surface area contributed by atoms with E-state index >= 15 is 0 Å². The Kier molecular flexibility index (Phi) is 3.09. The molecular weight excluding hydrogens is 252 g/mol. The lowest BCUT2D eigenvalue weighted by atomic mass is 9.92. The first kappa shape index (κ1) is 11.7. The standard InChI is InChI=1S/C12H15ClN4O/c13-12-16-9-5-6-18-10(9)11(17-12)15-8-3-1-7(14)2-4-8/h5-8H,1-4,14H2,(H,15,16,17)/t7-,8+. The molecule has 0 aliphatic heterocycles. The average molecular weight is 267 g/mol. The van der Waals surface area contributed by atoms with Crippen LogP contribution in [0.25, 0.3) is 11.1 Å². The second-order valence-corrected chi connectivity index (χ2v) is 5.07. The molecule has 0 unspecified atom stereocenters. The van der Waals surface area contributed by atoms with E-state index in [1.54, 1.807) is 12.3 Å². The molecule has 3 rings (SSSR count). The normalized spacial score (nSPS) is 24.3. The Balaban J connectivity index is 1.83. The van der Waals surface area contributed by atoms with E-state index in [1.165, 1.54) is 0 Å². The van der Waals surface area contributed by atoms with Crippen LogP contribution in [-0.4, -0.2) is 22.1 Å². The number of fused-ring (bicyclic) bond motifs is 1. The average Bonchev–Trinajstić information content (AvgIpc) is 2.80. The van der Waals surface area contributed by atoms with Crippen molar-refractivity contribution in [1.82, 2.24) is 9.97 Å². The molecule has 1 aliphatic rings. The first-order chi connectivity index (χ1) is 8.72. The first-order valence-corrected chi connectivity index (χ1v) is 6.53. The lowest BCUT2D eigenvalue weighted by Gasteiger charge is -2.27. The number of furan rings is 1. The molecule has 1 aliphatic carbocycles. The van der Waals surface area contributed by atoms with Gasteiger partial charge in [-0.1, -0.05) is 0 Å². The van der Waals surface area contributed by atoms with Gasteiger partial charge in [0.15, 0.2) is 11.4 Å². The fourth-order valence-corrected chi connectivity index (χ4v) is 2.57. The van der Waals surface area contributed by atoms with Crippen molar-refractivity contribution < 1.29 is 4.42 Å². The van der Waals surface area contributed by atoms with E-state index in [-0.39, 0.29) is 5.28 Å². The van der Waals surface area contributed by atoms with Gasteiger partial charge in [0.1, 0.15) is 5.52 Å². The highest BCUT2D eigenvalue weighted by Gasteiger charge is 2.20. The summed E-state index contributed by atoms with van der Waals surface area (Å²) in [5.41, 5.74) is 7.28. The quantitative estimate of drug-likeness (QED) is 0.817. The lowest BCUT2D eigenvalue weighted by molar-refractivity contribution is 0.410. The molecular formula is C12H15ClN4O. The van der Waals surface area contributed by atoms with Gasteiger partial charge in [-0.15, -0.1) is 0 Å². The maximum atomic E-state index is 5.90. The van der Waals surface area contributed by atoms with E-state index in [1.807, 2.05) is 0 Å². The van der Waals surface area contributed by atoms with E-state index < -0.39 is 0 Å². The number of nitrogens with zero attached hydrogens (tertiary/aromatic N) is 2. The molecule has 2 aromatic rings. The van der Waals surface area contributed by atoms with Gasteiger partial charge in [-0.25, -0.2) is 4.98 Å². The SMILES string of the molecule is N[C@H]1CC[C@@H](Nc2nc(Cl)nc3ccoc23)CC1. The molecule has 2 aromatic heterocycles. The van der Waals surface area contributed by atoms with Crippen LogP contribution in [0.15, 0.2) is 16.7 Å². The zero-order valence-electron chi connectivity index (χ0n) is 9.90. The summed E-state index contributed by atoms with van der Waals surface area (Å²) in [6.45, 7) is 0. The van der Waals surface area contributed by atoms with Crippen molar-refractivity contribution in [1.29, 1.82) is 0 Å². The monoisotopic (exact) mass is 266 g/mol. The van der Waals surface area contributed by atoms with Crippen LogP contribution in [0.5, 0.6) is 0 Å². The third-order valence-corrected chi connectivity index (χ3v) is 3.56. The van der Waals surface area contributed by atoms with Gasteiger partial charge < -0.3 is 15.5 Å². The molecule has 3 N–H and O–H groups in total. The van der Waals surface area contributed by atoms with Gasteiger partial charge in [-0.3, -0.25) is 0 Å². The van der Waals surface area contributed by atoms with Gasteiger partial charge in [-0.2, -0.15) is 4.98 Å². The van der Waals surface area contributed by atoms with Gasteiger partial charge in [0.25, 0.3) is 0 Å². The van der Waals surface area contributed by atoms with E-state index in [9.17, 15) is 0 Å². The van der Waals surface area contributed by atoms with Crippen molar-refractivity contribution in [2.24, 2.45) is 5.73 Å². The Hall–Kier alpha value is -1.33. The topological polar surface area (TPSA) is 77.0 Å². The molecule has 0 spiro atoms. The summed E-state index contributed by atoms with van der Waals surface area (Å²) in [5, 5.41) is 3.62. The molecule has 0 aromatic carbocycles. The molecule has 0 amide bonds. The van der Waals surface area contributed by atoms with Gasteiger partial charge in [0.05, 0.1) is 6.26 Å². The van der Waals surface area contributed by atoms with E-state index in [4.69, 9.17) is 21.8 Å². The minimum Gasteiger partial charge on any atom is -0.459 e. The summed E-state index contributed by atoms with van der Waals surface area (Å²) in [6.07, 6.45) is 5.77. The third kappa shape index (κ3) is 2.28. The predicted molar refractivity (Wildman–Crippen MR) is 70.7 cm³/mol. The number of rotatable bonds is 2. The van der Waals surface area contributed by atoms with Crippen molar-refractivity contribution in [2.45, 2.75) is 37.8 Å². The summed E-state index contributed by atoms with van der Waals surface area (Å²) in [7, 11) is 0. The lowest BCUT2D eigenvalue weighted by Crippen LogP contribution is -2.33. The molecule has 1 saturated carbocycles. The van der Waals surface area contributed by atoms with Crippen molar-refractivity contribution in [3.05, 3.63) is 17.6 Å². The van der Waals surface area contributed by atoms with Crippen LogP contribution in [-0.2, 0) is 0 Å². The maximum Gasteiger partial charge on any atom is 0.225 e. The number of nitrogens with one attached hydrogen (secondary N) is 1. The summed E-state index contributed by atoms with van der Waals surface area (Å²) in [4.78, 5) is 8.31. The number of aromatic nitrogens is 2. The largest absolute Gasteiger partial charge is 0.459 e. The van der Waals surface area contributed by atoms with Gasteiger partial charge >= 0.3 is 0 Å². The summed E-state index contributed by atoms with van der Waals surface area (Å²) in [6, 6.07) is 2.50. The molecule has 2 heterocycles. The Labute approximate surface area is 110 Å². The molecule has 18 heavy (non-hydrogen) atoms. The van der Waals surface area contributed by atoms with Crippen molar-refractivity contribution in [3.8, 4) is 0 Å². The fraction of sp³-hybridized carbons (Fsp3) is 0.500. The molecule has 96 valence electrons. The molecule has 6 heteroatoms. The summed E-state index contributed by atoms with van der Waals surface area (Å²) >= 11 is 5.90. The first-order valence-electron chi connectivity index (χ1n) is 6.15. The van der Waals surface area contributed by atoms with Gasteiger partial charge in [-0.05, 0) is 37.3 Å². The van der Waals surface area contributed by atoms with E-state index in [0.717, 1.165) is 31.2 Å². The molecule has 1 fully saturated rings.